The van der Waals surface area contributed by atoms with Crippen molar-refractivity contribution in [2.45, 2.75) is 20.0 Å². The van der Waals surface area contributed by atoms with Crippen LogP contribution in [0, 0.1) is 0 Å². The molecule has 3 N–H and O–H groups in total. The summed E-state index contributed by atoms with van der Waals surface area (Å²) in [6.07, 6.45) is 0.260. The number of nitrogens with zero attached hydrogens (tertiary/aromatic N) is 1. The Morgan fingerprint density at radius 3 is 2.75 bits per heavy atom. The lowest BCUT2D eigenvalue weighted by molar-refractivity contribution is -0.126. The zero-order valence-electron chi connectivity index (χ0n) is 11.0. The average Bonchev–Trinajstić information content (AvgIpc) is 2.39. The molecule has 0 aliphatic carbocycles. The maximum absolute atomic E-state index is 11.6. The number of nitrogens with one attached hydrogen (secondary N) is 2. The van der Waals surface area contributed by atoms with Crippen molar-refractivity contribution in [3.63, 3.8) is 0 Å². The Morgan fingerprint density at radius 1 is 1.45 bits per heavy atom. The van der Waals surface area contributed by atoms with Crippen LogP contribution in [-0.2, 0) is 4.79 Å². The molecule has 0 bridgehead atoms. The first kappa shape index (κ1) is 15.4. The smallest absolute Gasteiger partial charge is 0.358 e. The van der Waals surface area contributed by atoms with Gasteiger partial charge in [0.15, 0.2) is 17.5 Å². The first-order valence-electron chi connectivity index (χ1n) is 5.89. The Morgan fingerprint density at radius 2 is 2.15 bits per heavy atom. The SMILES string of the molecule is CCNC(=O)NC(=O)C(C)Oc1cccnc1C(=O)O. The topological polar surface area (TPSA) is 118 Å². The Labute approximate surface area is 115 Å². The van der Waals surface area contributed by atoms with Gasteiger partial charge in [0.05, 0.1) is 0 Å². The number of ether oxygens (including phenoxy) is 1. The fourth-order valence-electron chi connectivity index (χ4n) is 1.31. The molecule has 0 aliphatic rings. The Hall–Kier alpha value is -2.64. The maximum atomic E-state index is 11.6. The van der Waals surface area contributed by atoms with Crippen LogP contribution in [0.2, 0.25) is 0 Å². The van der Waals surface area contributed by atoms with Crippen LogP contribution in [0.4, 0.5) is 4.79 Å². The highest BCUT2D eigenvalue weighted by Crippen LogP contribution is 2.16. The summed E-state index contributed by atoms with van der Waals surface area (Å²) >= 11 is 0. The fraction of sp³-hybridized carbons (Fsp3) is 0.333. The van der Waals surface area contributed by atoms with Crippen LogP contribution in [0.15, 0.2) is 18.3 Å². The molecule has 0 fully saturated rings. The number of pyridine rings is 1. The van der Waals surface area contributed by atoms with Gasteiger partial charge in [-0.2, -0.15) is 0 Å². The van der Waals surface area contributed by atoms with E-state index >= 15 is 0 Å². The molecule has 0 radical (unpaired) electrons. The van der Waals surface area contributed by atoms with E-state index in [1.165, 1.54) is 25.3 Å². The molecule has 20 heavy (non-hydrogen) atoms. The number of aromatic carboxylic acids is 1. The summed E-state index contributed by atoms with van der Waals surface area (Å²) in [7, 11) is 0. The third-order valence-electron chi connectivity index (χ3n) is 2.22. The van der Waals surface area contributed by atoms with Crippen LogP contribution in [0.1, 0.15) is 24.3 Å². The molecule has 3 amide bonds. The number of rotatable bonds is 5. The average molecular weight is 281 g/mol. The summed E-state index contributed by atoms with van der Waals surface area (Å²) in [5, 5.41) is 13.4. The number of hydrogen-bond donors (Lipinski definition) is 3. The highest BCUT2D eigenvalue weighted by Gasteiger charge is 2.20. The lowest BCUT2D eigenvalue weighted by Gasteiger charge is -2.15. The van der Waals surface area contributed by atoms with Gasteiger partial charge in [-0.05, 0) is 26.0 Å². The van der Waals surface area contributed by atoms with E-state index < -0.39 is 24.0 Å². The molecule has 1 aromatic rings. The summed E-state index contributed by atoms with van der Waals surface area (Å²) in [5.74, 6) is -1.99. The normalized spacial score (nSPS) is 11.3. The molecular formula is C12H15N3O5. The first-order valence-corrected chi connectivity index (χ1v) is 5.89. The standard InChI is InChI=1S/C12H15N3O5/c1-3-13-12(19)15-10(16)7(2)20-8-5-4-6-14-9(8)11(17)18/h4-7H,3H2,1-2H3,(H,17,18)(H2,13,15,16,19). The van der Waals surface area contributed by atoms with Crippen molar-refractivity contribution in [3.8, 4) is 5.75 Å². The maximum Gasteiger partial charge on any atom is 0.358 e. The van der Waals surface area contributed by atoms with Crippen molar-refractivity contribution in [1.82, 2.24) is 15.6 Å². The minimum Gasteiger partial charge on any atom is -0.478 e. The monoisotopic (exact) mass is 281 g/mol. The van der Waals surface area contributed by atoms with Gasteiger partial charge >= 0.3 is 12.0 Å². The van der Waals surface area contributed by atoms with Gasteiger partial charge in [0, 0.05) is 12.7 Å². The van der Waals surface area contributed by atoms with Crippen molar-refractivity contribution >= 4 is 17.9 Å². The van der Waals surface area contributed by atoms with Crippen LogP contribution >= 0.6 is 0 Å². The first-order chi connectivity index (χ1) is 9.45. The molecule has 0 aliphatic heterocycles. The Kier molecular flexibility index (Phi) is 5.45. The lowest BCUT2D eigenvalue weighted by atomic mass is 10.3. The number of imide groups is 1. The van der Waals surface area contributed by atoms with E-state index in [2.05, 4.69) is 15.6 Å². The van der Waals surface area contributed by atoms with E-state index in [0.717, 1.165) is 0 Å². The quantitative estimate of drug-likeness (QED) is 0.718. The minimum atomic E-state index is -1.27. The number of urea groups is 1. The number of carbonyl (C=O) groups is 3. The predicted octanol–water partition coefficient (Wildman–Crippen LogP) is 0.393. The number of hydrogen-bond acceptors (Lipinski definition) is 5. The van der Waals surface area contributed by atoms with Crippen molar-refractivity contribution < 1.29 is 24.2 Å². The van der Waals surface area contributed by atoms with Gasteiger partial charge in [-0.15, -0.1) is 0 Å². The molecule has 8 heteroatoms. The third kappa shape index (κ3) is 4.23. The molecule has 1 rings (SSSR count). The van der Waals surface area contributed by atoms with Crippen LogP contribution in [0.3, 0.4) is 0 Å². The van der Waals surface area contributed by atoms with E-state index in [-0.39, 0.29) is 11.4 Å². The van der Waals surface area contributed by atoms with E-state index in [9.17, 15) is 14.4 Å². The lowest BCUT2D eigenvalue weighted by Crippen LogP contribution is -2.45. The van der Waals surface area contributed by atoms with Crippen LogP contribution in [0.5, 0.6) is 5.75 Å². The van der Waals surface area contributed by atoms with Gasteiger partial charge in [0.25, 0.3) is 5.91 Å². The molecule has 1 unspecified atom stereocenters. The molecule has 0 saturated carbocycles. The highest BCUT2D eigenvalue weighted by atomic mass is 16.5. The minimum absolute atomic E-state index is 0.0430. The fourth-order valence-corrected chi connectivity index (χ4v) is 1.31. The predicted molar refractivity (Wildman–Crippen MR) is 68.5 cm³/mol. The zero-order chi connectivity index (χ0) is 15.1. The van der Waals surface area contributed by atoms with E-state index in [4.69, 9.17) is 9.84 Å². The van der Waals surface area contributed by atoms with Crippen LogP contribution in [-0.4, -0.2) is 40.6 Å². The zero-order valence-corrected chi connectivity index (χ0v) is 11.0. The number of carboxylic acid groups (broad SMARTS) is 1. The highest BCUT2D eigenvalue weighted by molar-refractivity contribution is 5.96. The number of amides is 3. The molecule has 8 nitrogen and oxygen atoms in total. The second-order valence-electron chi connectivity index (χ2n) is 3.76. The molecule has 1 aromatic heterocycles. The van der Waals surface area contributed by atoms with Gasteiger partial charge in [-0.1, -0.05) is 0 Å². The second-order valence-corrected chi connectivity index (χ2v) is 3.76. The van der Waals surface area contributed by atoms with E-state index in [1.807, 2.05) is 0 Å². The Balaban J connectivity index is 2.71. The van der Waals surface area contributed by atoms with Gasteiger partial charge < -0.3 is 15.2 Å². The molecule has 0 saturated heterocycles. The van der Waals surface area contributed by atoms with Gasteiger partial charge in [0.2, 0.25) is 0 Å². The number of carbonyl (C=O) groups excluding carboxylic acids is 2. The molecule has 108 valence electrons. The van der Waals surface area contributed by atoms with Crippen molar-refractivity contribution in [1.29, 1.82) is 0 Å². The van der Waals surface area contributed by atoms with Crippen molar-refractivity contribution in [2.24, 2.45) is 0 Å². The van der Waals surface area contributed by atoms with Crippen molar-refractivity contribution in [3.05, 3.63) is 24.0 Å². The molecule has 0 spiro atoms. The molecular weight excluding hydrogens is 266 g/mol. The largest absolute Gasteiger partial charge is 0.478 e. The molecule has 1 atom stereocenters. The van der Waals surface area contributed by atoms with Gasteiger partial charge in [-0.3, -0.25) is 10.1 Å². The van der Waals surface area contributed by atoms with Crippen molar-refractivity contribution in [2.75, 3.05) is 6.54 Å². The third-order valence-corrected chi connectivity index (χ3v) is 2.22. The summed E-state index contributed by atoms with van der Waals surface area (Å²) in [6.45, 7) is 3.48. The van der Waals surface area contributed by atoms with Crippen LogP contribution < -0.4 is 15.4 Å². The number of carboxylic acids is 1. The molecule has 0 aromatic carbocycles. The van der Waals surface area contributed by atoms with Gasteiger partial charge in [0.1, 0.15) is 0 Å². The van der Waals surface area contributed by atoms with Gasteiger partial charge in [-0.25, -0.2) is 14.6 Å². The second kappa shape index (κ2) is 7.07. The molecule has 1 heterocycles. The Bertz CT molecular complexity index is 518. The summed E-state index contributed by atoms with van der Waals surface area (Å²) in [5.41, 5.74) is -0.301. The summed E-state index contributed by atoms with van der Waals surface area (Å²) in [4.78, 5) is 37.4. The number of aromatic nitrogens is 1. The summed E-state index contributed by atoms with van der Waals surface area (Å²) < 4.78 is 5.21. The van der Waals surface area contributed by atoms with E-state index in [1.54, 1.807) is 6.92 Å². The van der Waals surface area contributed by atoms with E-state index in [0.29, 0.717) is 6.54 Å². The summed E-state index contributed by atoms with van der Waals surface area (Å²) in [6, 6.07) is 2.22. The van der Waals surface area contributed by atoms with Crippen LogP contribution in [0.25, 0.3) is 0 Å².